The molecule has 0 saturated carbocycles. The van der Waals surface area contributed by atoms with Crippen LogP contribution < -0.4 is 0 Å². The summed E-state index contributed by atoms with van der Waals surface area (Å²) in [4.78, 5) is 21.2. The average Bonchev–Trinajstić information content (AvgIpc) is 2.28. The van der Waals surface area contributed by atoms with Crippen molar-refractivity contribution in [1.82, 2.24) is 0 Å². The Labute approximate surface area is 99.2 Å². The van der Waals surface area contributed by atoms with E-state index in [0.717, 1.165) is 5.56 Å². The van der Waals surface area contributed by atoms with Gasteiger partial charge in [0.15, 0.2) is 0 Å². The van der Waals surface area contributed by atoms with Crippen molar-refractivity contribution in [3.05, 3.63) is 42.0 Å². The maximum Gasteiger partial charge on any atom is 0.307 e. The Kier molecular flexibility index (Phi) is 4.94. The predicted molar refractivity (Wildman–Crippen MR) is 63.5 cm³/mol. The molecule has 1 aromatic rings. The first-order chi connectivity index (χ1) is 8.09. The van der Waals surface area contributed by atoms with E-state index in [1.165, 1.54) is 0 Å². The molecule has 0 radical (unpaired) electrons. The third kappa shape index (κ3) is 4.97. The van der Waals surface area contributed by atoms with Gasteiger partial charge in [0, 0.05) is 0 Å². The van der Waals surface area contributed by atoms with Gasteiger partial charge >= 0.3 is 11.9 Å². The largest absolute Gasteiger partial charge is 0.481 e. The van der Waals surface area contributed by atoms with Crippen molar-refractivity contribution >= 4 is 18.0 Å². The SMILES string of the molecule is O=C(O)CC(CC=Cc1ccccc1)C(=O)O. The molecule has 1 rings (SSSR count). The Morgan fingerprint density at radius 3 is 2.35 bits per heavy atom. The molecule has 0 saturated heterocycles. The van der Waals surface area contributed by atoms with Crippen LogP contribution in [0.25, 0.3) is 6.08 Å². The number of carboxylic acids is 2. The van der Waals surface area contributed by atoms with E-state index in [4.69, 9.17) is 10.2 Å². The second kappa shape index (κ2) is 6.48. The number of rotatable bonds is 6. The van der Waals surface area contributed by atoms with Crippen LogP contribution in [0.5, 0.6) is 0 Å². The third-order valence-corrected chi connectivity index (χ3v) is 2.30. The number of carbonyl (C=O) groups is 2. The van der Waals surface area contributed by atoms with E-state index in [2.05, 4.69) is 0 Å². The number of aliphatic carboxylic acids is 2. The molecular formula is C13H14O4. The van der Waals surface area contributed by atoms with Gasteiger partial charge in [-0.3, -0.25) is 9.59 Å². The predicted octanol–water partition coefficient (Wildman–Crippen LogP) is 2.27. The van der Waals surface area contributed by atoms with Crippen molar-refractivity contribution in [2.24, 2.45) is 5.92 Å². The molecule has 0 bridgehead atoms. The summed E-state index contributed by atoms with van der Waals surface area (Å²) < 4.78 is 0. The molecule has 0 amide bonds. The second-order valence-corrected chi connectivity index (χ2v) is 3.68. The molecule has 4 nitrogen and oxygen atoms in total. The Hall–Kier alpha value is -2.10. The number of benzene rings is 1. The van der Waals surface area contributed by atoms with Crippen LogP contribution in [0.3, 0.4) is 0 Å². The van der Waals surface area contributed by atoms with Gasteiger partial charge in [0.1, 0.15) is 0 Å². The standard InChI is InChI=1S/C13H14O4/c14-12(15)9-11(13(16)17)8-4-7-10-5-2-1-3-6-10/h1-7,11H,8-9H2,(H,14,15)(H,16,17). The van der Waals surface area contributed by atoms with Crippen molar-refractivity contribution < 1.29 is 19.8 Å². The summed E-state index contributed by atoms with van der Waals surface area (Å²) in [7, 11) is 0. The molecule has 0 aromatic heterocycles. The fraction of sp³-hybridized carbons (Fsp3) is 0.231. The van der Waals surface area contributed by atoms with E-state index in [1.54, 1.807) is 12.2 Å². The Balaban J connectivity index is 2.55. The Bertz CT molecular complexity index is 409. The summed E-state index contributed by atoms with van der Waals surface area (Å²) in [6.07, 6.45) is 3.35. The lowest BCUT2D eigenvalue weighted by Crippen LogP contribution is -2.16. The van der Waals surface area contributed by atoms with E-state index in [-0.39, 0.29) is 12.8 Å². The maximum atomic E-state index is 10.8. The monoisotopic (exact) mass is 234 g/mol. The number of hydrogen-bond donors (Lipinski definition) is 2. The van der Waals surface area contributed by atoms with Crippen molar-refractivity contribution in [2.75, 3.05) is 0 Å². The molecule has 0 aliphatic heterocycles. The van der Waals surface area contributed by atoms with Crippen LogP contribution >= 0.6 is 0 Å². The highest BCUT2D eigenvalue weighted by Crippen LogP contribution is 2.11. The second-order valence-electron chi connectivity index (χ2n) is 3.68. The normalized spacial score (nSPS) is 12.5. The Morgan fingerprint density at radius 1 is 1.18 bits per heavy atom. The molecule has 1 unspecified atom stereocenters. The van der Waals surface area contributed by atoms with Gasteiger partial charge in [-0.2, -0.15) is 0 Å². The lowest BCUT2D eigenvalue weighted by molar-refractivity contribution is -0.148. The first-order valence-corrected chi connectivity index (χ1v) is 5.26. The van der Waals surface area contributed by atoms with Gasteiger partial charge in [-0.1, -0.05) is 42.5 Å². The Morgan fingerprint density at radius 2 is 1.82 bits per heavy atom. The minimum Gasteiger partial charge on any atom is -0.481 e. The van der Waals surface area contributed by atoms with E-state index >= 15 is 0 Å². The van der Waals surface area contributed by atoms with Crippen molar-refractivity contribution in [1.29, 1.82) is 0 Å². The van der Waals surface area contributed by atoms with E-state index in [0.29, 0.717) is 0 Å². The molecule has 0 aliphatic rings. The summed E-state index contributed by atoms with van der Waals surface area (Å²) >= 11 is 0. The fourth-order valence-electron chi connectivity index (χ4n) is 1.41. The molecule has 1 aromatic carbocycles. The highest BCUT2D eigenvalue weighted by atomic mass is 16.4. The minimum atomic E-state index is -1.09. The van der Waals surface area contributed by atoms with E-state index in [9.17, 15) is 9.59 Å². The zero-order chi connectivity index (χ0) is 12.7. The number of carboxylic acid groups (broad SMARTS) is 2. The summed E-state index contributed by atoms with van der Waals surface area (Å²) in [5.41, 5.74) is 0.965. The average molecular weight is 234 g/mol. The van der Waals surface area contributed by atoms with Gasteiger partial charge in [0.25, 0.3) is 0 Å². The fourth-order valence-corrected chi connectivity index (χ4v) is 1.41. The molecule has 0 fully saturated rings. The molecule has 0 aliphatic carbocycles. The molecule has 0 spiro atoms. The summed E-state index contributed by atoms with van der Waals surface area (Å²) in [6.45, 7) is 0. The first kappa shape index (κ1) is 13.0. The quantitative estimate of drug-likeness (QED) is 0.791. The third-order valence-electron chi connectivity index (χ3n) is 2.30. The number of hydrogen-bond acceptors (Lipinski definition) is 2. The zero-order valence-electron chi connectivity index (χ0n) is 9.24. The van der Waals surface area contributed by atoms with Gasteiger partial charge in [0.2, 0.25) is 0 Å². The van der Waals surface area contributed by atoms with Crippen molar-refractivity contribution in [3.63, 3.8) is 0 Å². The topological polar surface area (TPSA) is 74.6 Å². The molecule has 2 N–H and O–H groups in total. The summed E-state index contributed by atoms with van der Waals surface area (Å²) in [5.74, 6) is -3.04. The molecule has 90 valence electrons. The van der Waals surface area contributed by atoms with Crippen LogP contribution in [0.4, 0.5) is 0 Å². The maximum absolute atomic E-state index is 10.8. The molecule has 4 heteroatoms. The van der Waals surface area contributed by atoms with E-state index in [1.807, 2.05) is 30.3 Å². The van der Waals surface area contributed by atoms with Crippen LogP contribution in [-0.4, -0.2) is 22.2 Å². The van der Waals surface area contributed by atoms with Crippen LogP contribution in [0.2, 0.25) is 0 Å². The minimum absolute atomic E-state index is 0.219. The highest BCUT2D eigenvalue weighted by Gasteiger charge is 2.19. The zero-order valence-corrected chi connectivity index (χ0v) is 9.24. The smallest absolute Gasteiger partial charge is 0.307 e. The first-order valence-electron chi connectivity index (χ1n) is 5.26. The van der Waals surface area contributed by atoms with Crippen molar-refractivity contribution in [3.8, 4) is 0 Å². The van der Waals surface area contributed by atoms with Crippen molar-refractivity contribution in [2.45, 2.75) is 12.8 Å². The summed E-state index contributed by atoms with van der Waals surface area (Å²) in [5, 5.41) is 17.4. The van der Waals surface area contributed by atoms with Crippen LogP contribution in [-0.2, 0) is 9.59 Å². The van der Waals surface area contributed by atoms with E-state index < -0.39 is 17.9 Å². The van der Waals surface area contributed by atoms with Gasteiger partial charge < -0.3 is 10.2 Å². The molecular weight excluding hydrogens is 220 g/mol. The molecule has 0 heterocycles. The van der Waals surface area contributed by atoms with Gasteiger partial charge in [-0.05, 0) is 12.0 Å². The van der Waals surface area contributed by atoms with Gasteiger partial charge in [-0.15, -0.1) is 0 Å². The highest BCUT2D eigenvalue weighted by molar-refractivity contribution is 5.78. The number of allylic oxidation sites excluding steroid dienone is 1. The van der Waals surface area contributed by atoms with Crippen LogP contribution in [0.15, 0.2) is 36.4 Å². The lowest BCUT2D eigenvalue weighted by Gasteiger charge is -2.05. The van der Waals surface area contributed by atoms with Gasteiger partial charge in [-0.25, -0.2) is 0 Å². The molecule has 1 atom stereocenters. The summed E-state index contributed by atoms with van der Waals surface area (Å²) in [6, 6.07) is 9.44. The van der Waals surface area contributed by atoms with Crippen LogP contribution in [0, 0.1) is 5.92 Å². The van der Waals surface area contributed by atoms with Gasteiger partial charge in [0.05, 0.1) is 12.3 Å². The molecule has 17 heavy (non-hydrogen) atoms. The lowest BCUT2D eigenvalue weighted by atomic mass is 10.0. The van der Waals surface area contributed by atoms with Crippen LogP contribution in [0.1, 0.15) is 18.4 Å².